The molecule has 3 aromatic rings. The van der Waals surface area contributed by atoms with E-state index in [1.165, 1.54) is 10.8 Å². The second-order valence-corrected chi connectivity index (χ2v) is 8.87. The third kappa shape index (κ3) is 5.31. The van der Waals surface area contributed by atoms with E-state index in [1.54, 1.807) is 44.3 Å². The SMILES string of the molecule is CCOC(O)c1nc(Br)n(C(C)C)c1C(Nc1cc(Cl)cn(C)c1=O)c1ccc(C#N)cc1. The van der Waals surface area contributed by atoms with Crippen molar-refractivity contribution in [1.82, 2.24) is 14.1 Å². The Morgan fingerprint density at radius 2 is 2.00 bits per heavy atom. The molecule has 2 unspecified atom stereocenters. The molecule has 0 fully saturated rings. The Morgan fingerprint density at radius 1 is 1.33 bits per heavy atom. The number of anilines is 1. The summed E-state index contributed by atoms with van der Waals surface area (Å²) in [6.45, 7) is 6.04. The van der Waals surface area contributed by atoms with E-state index in [0.717, 1.165) is 5.56 Å². The highest BCUT2D eigenvalue weighted by molar-refractivity contribution is 9.10. The van der Waals surface area contributed by atoms with Crippen LogP contribution < -0.4 is 10.9 Å². The lowest BCUT2D eigenvalue weighted by Gasteiger charge is -2.26. The van der Waals surface area contributed by atoms with Gasteiger partial charge in [0.15, 0.2) is 4.73 Å². The second-order valence-electron chi connectivity index (χ2n) is 7.72. The Bertz CT molecular complexity index is 1230. The van der Waals surface area contributed by atoms with Crippen molar-refractivity contribution in [2.45, 2.75) is 39.1 Å². The standard InChI is InChI=1S/C23H25BrClN5O3/c1-5-33-22(32)19-20(30(13(2)3)23(24)28-19)18(15-8-6-14(11-26)7-9-15)27-17-10-16(25)12-29(4)21(17)31/h6-10,12-13,18,22,27,32H,5H2,1-4H3. The molecular formula is C23H25BrClN5O3. The smallest absolute Gasteiger partial charge is 0.273 e. The van der Waals surface area contributed by atoms with Crippen molar-refractivity contribution >= 4 is 33.2 Å². The van der Waals surface area contributed by atoms with Crippen LogP contribution in [0.2, 0.25) is 5.02 Å². The highest BCUT2D eigenvalue weighted by Gasteiger charge is 2.31. The molecule has 2 atom stereocenters. The predicted octanol–water partition coefficient (Wildman–Crippen LogP) is 4.68. The van der Waals surface area contributed by atoms with Crippen LogP contribution in [0.25, 0.3) is 0 Å². The van der Waals surface area contributed by atoms with Gasteiger partial charge in [-0.1, -0.05) is 23.7 Å². The summed E-state index contributed by atoms with van der Waals surface area (Å²) >= 11 is 9.73. The number of hydrogen-bond acceptors (Lipinski definition) is 6. The van der Waals surface area contributed by atoms with Crippen LogP contribution in [0.15, 0.2) is 46.1 Å². The Labute approximate surface area is 205 Å². The first-order valence-electron chi connectivity index (χ1n) is 10.4. The molecule has 0 spiro atoms. The van der Waals surface area contributed by atoms with Gasteiger partial charge in [-0.25, -0.2) is 4.98 Å². The minimum absolute atomic E-state index is 0.0330. The molecule has 2 heterocycles. The fraction of sp³-hybridized carbons (Fsp3) is 0.348. The number of aliphatic hydroxyl groups is 1. The monoisotopic (exact) mass is 533 g/mol. The van der Waals surface area contributed by atoms with Crippen molar-refractivity contribution in [2.24, 2.45) is 7.05 Å². The van der Waals surface area contributed by atoms with Crippen LogP contribution in [0.1, 0.15) is 61.7 Å². The number of benzene rings is 1. The zero-order chi connectivity index (χ0) is 24.3. The summed E-state index contributed by atoms with van der Waals surface area (Å²) in [6.07, 6.45) is 0.261. The van der Waals surface area contributed by atoms with Crippen LogP contribution in [-0.2, 0) is 11.8 Å². The molecule has 0 saturated heterocycles. The third-order valence-electron chi connectivity index (χ3n) is 5.10. The van der Waals surface area contributed by atoms with Crippen molar-refractivity contribution in [3.63, 3.8) is 0 Å². The molecule has 0 amide bonds. The molecule has 2 N–H and O–H groups in total. The number of pyridine rings is 1. The summed E-state index contributed by atoms with van der Waals surface area (Å²) in [7, 11) is 1.62. The Balaban J connectivity index is 2.28. The summed E-state index contributed by atoms with van der Waals surface area (Å²) in [6, 6.07) is 10.0. The number of rotatable bonds is 8. The molecule has 2 aromatic heterocycles. The van der Waals surface area contributed by atoms with Gasteiger partial charge < -0.3 is 24.3 Å². The topological polar surface area (TPSA) is 105 Å². The normalized spacial score (nSPS) is 13.1. The summed E-state index contributed by atoms with van der Waals surface area (Å²) in [5.74, 6) is 0. The van der Waals surface area contributed by atoms with Gasteiger partial charge in [0, 0.05) is 25.9 Å². The maximum Gasteiger partial charge on any atom is 0.273 e. The van der Waals surface area contributed by atoms with E-state index in [1.807, 2.05) is 18.4 Å². The molecule has 0 radical (unpaired) electrons. The maximum atomic E-state index is 12.9. The number of nitrogens with one attached hydrogen (secondary N) is 1. The van der Waals surface area contributed by atoms with Crippen molar-refractivity contribution < 1.29 is 9.84 Å². The quantitative estimate of drug-likeness (QED) is 0.407. The van der Waals surface area contributed by atoms with E-state index in [9.17, 15) is 15.2 Å². The molecule has 0 aliphatic carbocycles. The van der Waals surface area contributed by atoms with Crippen molar-refractivity contribution in [1.29, 1.82) is 5.26 Å². The molecule has 3 rings (SSSR count). The van der Waals surface area contributed by atoms with Gasteiger partial charge in [-0.3, -0.25) is 4.79 Å². The van der Waals surface area contributed by atoms with Crippen LogP contribution in [0.5, 0.6) is 0 Å². The number of halogens is 2. The zero-order valence-electron chi connectivity index (χ0n) is 18.7. The summed E-state index contributed by atoms with van der Waals surface area (Å²) in [5, 5.41) is 23.6. The first-order chi connectivity index (χ1) is 15.7. The first-order valence-corrected chi connectivity index (χ1v) is 11.5. The van der Waals surface area contributed by atoms with Gasteiger partial charge in [0.25, 0.3) is 5.56 Å². The number of aliphatic hydroxyl groups excluding tert-OH is 1. The molecule has 0 bridgehead atoms. The third-order valence-corrected chi connectivity index (χ3v) is 5.87. The largest absolute Gasteiger partial charge is 0.368 e. The highest BCUT2D eigenvalue weighted by atomic mass is 79.9. The fourth-order valence-corrected chi connectivity index (χ4v) is 4.67. The lowest BCUT2D eigenvalue weighted by Crippen LogP contribution is -2.26. The molecular weight excluding hydrogens is 510 g/mol. The Morgan fingerprint density at radius 3 is 2.58 bits per heavy atom. The van der Waals surface area contributed by atoms with Gasteiger partial charge in [0.1, 0.15) is 11.4 Å². The number of aryl methyl sites for hydroxylation is 1. The molecule has 8 nitrogen and oxygen atoms in total. The minimum Gasteiger partial charge on any atom is -0.368 e. The molecule has 33 heavy (non-hydrogen) atoms. The van der Waals surface area contributed by atoms with Crippen LogP contribution in [0.4, 0.5) is 5.69 Å². The van der Waals surface area contributed by atoms with Crippen LogP contribution >= 0.6 is 27.5 Å². The van der Waals surface area contributed by atoms with Crippen molar-refractivity contribution in [3.8, 4) is 6.07 Å². The van der Waals surface area contributed by atoms with Gasteiger partial charge in [-0.15, -0.1) is 0 Å². The minimum atomic E-state index is -1.27. The van der Waals surface area contributed by atoms with Crippen molar-refractivity contribution in [2.75, 3.05) is 11.9 Å². The maximum absolute atomic E-state index is 12.9. The highest BCUT2D eigenvalue weighted by Crippen LogP contribution is 2.36. The van der Waals surface area contributed by atoms with E-state index in [-0.39, 0.29) is 23.9 Å². The molecule has 1 aromatic carbocycles. The van der Waals surface area contributed by atoms with Gasteiger partial charge in [-0.05, 0) is 60.5 Å². The lowest BCUT2D eigenvalue weighted by molar-refractivity contribution is -0.101. The van der Waals surface area contributed by atoms with Crippen LogP contribution in [-0.4, -0.2) is 25.8 Å². The molecule has 0 aliphatic rings. The van der Waals surface area contributed by atoms with Crippen molar-refractivity contribution in [3.05, 3.63) is 79.2 Å². The number of aromatic nitrogens is 3. The fourth-order valence-electron chi connectivity index (χ4n) is 3.62. The zero-order valence-corrected chi connectivity index (χ0v) is 21.1. The van der Waals surface area contributed by atoms with Crippen LogP contribution in [0.3, 0.4) is 0 Å². The van der Waals surface area contributed by atoms with Gasteiger partial charge in [0.05, 0.1) is 28.4 Å². The van der Waals surface area contributed by atoms with E-state index < -0.39 is 12.3 Å². The summed E-state index contributed by atoms with van der Waals surface area (Å²) < 4.78 is 9.28. The average Bonchev–Trinajstić information content (AvgIpc) is 3.12. The average molecular weight is 535 g/mol. The summed E-state index contributed by atoms with van der Waals surface area (Å²) in [5.41, 5.74) is 2.21. The second kappa shape index (κ2) is 10.5. The predicted molar refractivity (Wildman–Crippen MR) is 130 cm³/mol. The number of nitriles is 1. The lowest BCUT2D eigenvalue weighted by atomic mass is 9.99. The molecule has 0 aliphatic heterocycles. The molecule has 10 heteroatoms. The number of imidazole rings is 1. The number of ether oxygens (including phenoxy) is 1. The van der Waals surface area contributed by atoms with E-state index in [0.29, 0.717) is 26.7 Å². The van der Waals surface area contributed by atoms with Gasteiger partial charge in [0.2, 0.25) is 6.29 Å². The van der Waals surface area contributed by atoms with Crippen LogP contribution in [0, 0.1) is 11.3 Å². The summed E-state index contributed by atoms with van der Waals surface area (Å²) in [4.78, 5) is 17.4. The first kappa shape index (κ1) is 25.0. The van der Waals surface area contributed by atoms with Gasteiger partial charge >= 0.3 is 0 Å². The number of nitrogens with zero attached hydrogens (tertiary/aromatic N) is 4. The van der Waals surface area contributed by atoms with E-state index in [4.69, 9.17) is 16.3 Å². The van der Waals surface area contributed by atoms with E-state index in [2.05, 4.69) is 32.3 Å². The number of hydrogen-bond donors (Lipinski definition) is 2. The van der Waals surface area contributed by atoms with Gasteiger partial charge in [-0.2, -0.15) is 5.26 Å². The molecule has 174 valence electrons. The molecule has 0 saturated carbocycles. The Hall–Kier alpha value is -2.64. The Kier molecular flexibility index (Phi) is 7.97. The van der Waals surface area contributed by atoms with E-state index >= 15 is 0 Å².